The van der Waals surface area contributed by atoms with Crippen molar-refractivity contribution >= 4 is 5.97 Å². The van der Waals surface area contributed by atoms with Gasteiger partial charge >= 0.3 is 5.97 Å². The highest BCUT2D eigenvalue weighted by molar-refractivity contribution is 5.67. The third-order valence-electron chi connectivity index (χ3n) is 2.49. The third-order valence-corrected chi connectivity index (χ3v) is 2.49. The van der Waals surface area contributed by atoms with Crippen LogP contribution < -0.4 is 5.73 Å². The fourth-order valence-corrected chi connectivity index (χ4v) is 1.28. The van der Waals surface area contributed by atoms with E-state index in [1.165, 1.54) is 0 Å². The minimum Gasteiger partial charge on any atom is -0.481 e. The Morgan fingerprint density at radius 1 is 1.47 bits per heavy atom. The molecule has 0 spiro atoms. The van der Waals surface area contributed by atoms with Crippen LogP contribution in [0.3, 0.4) is 0 Å². The maximum Gasteiger partial charge on any atom is 0.303 e. The molecule has 90 valence electrons. The Morgan fingerprint density at radius 3 is 2.60 bits per heavy atom. The van der Waals surface area contributed by atoms with Crippen molar-refractivity contribution < 1.29 is 14.6 Å². The standard InChI is InChI=1S/C11H23NO3/c1-3-9(2)7-15-8-10(4-5-12)6-11(13)14/h9-10H,3-8,12H2,1-2H3,(H,13,14)/t9-,10+/m1/s1. The molecule has 0 aliphatic carbocycles. The molecule has 0 aromatic rings. The number of hydrogen-bond donors (Lipinski definition) is 2. The van der Waals surface area contributed by atoms with E-state index in [1.54, 1.807) is 0 Å². The first-order valence-corrected chi connectivity index (χ1v) is 5.59. The quantitative estimate of drug-likeness (QED) is 0.613. The topological polar surface area (TPSA) is 72.5 Å². The Hall–Kier alpha value is -0.610. The zero-order valence-electron chi connectivity index (χ0n) is 9.74. The smallest absolute Gasteiger partial charge is 0.303 e. The molecule has 0 saturated carbocycles. The predicted molar refractivity (Wildman–Crippen MR) is 59.7 cm³/mol. The molecule has 0 aliphatic rings. The normalized spacial score (nSPS) is 14.9. The van der Waals surface area contributed by atoms with Crippen LogP contribution in [-0.2, 0) is 9.53 Å². The molecule has 0 bridgehead atoms. The van der Waals surface area contributed by atoms with Crippen LogP contribution in [0.5, 0.6) is 0 Å². The molecule has 4 nitrogen and oxygen atoms in total. The second-order valence-corrected chi connectivity index (χ2v) is 4.09. The molecule has 0 saturated heterocycles. The maximum absolute atomic E-state index is 10.5. The van der Waals surface area contributed by atoms with Gasteiger partial charge in [-0.1, -0.05) is 20.3 Å². The second kappa shape index (κ2) is 8.68. The van der Waals surface area contributed by atoms with Gasteiger partial charge in [-0.15, -0.1) is 0 Å². The Balaban J connectivity index is 3.70. The Morgan fingerprint density at radius 2 is 2.13 bits per heavy atom. The van der Waals surface area contributed by atoms with Gasteiger partial charge in [-0.05, 0) is 24.8 Å². The van der Waals surface area contributed by atoms with Crippen molar-refractivity contribution in [3.05, 3.63) is 0 Å². The zero-order chi connectivity index (χ0) is 11.7. The van der Waals surface area contributed by atoms with E-state index in [9.17, 15) is 4.79 Å². The monoisotopic (exact) mass is 217 g/mol. The summed E-state index contributed by atoms with van der Waals surface area (Å²) in [7, 11) is 0. The van der Waals surface area contributed by atoms with E-state index in [1.807, 2.05) is 0 Å². The molecule has 0 aliphatic heterocycles. The fraction of sp³-hybridized carbons (Fsp3) is 0.909. The van der Waals surface area contributed by atoms with Gasteiger partial charge in [-0.2, -0.15) is 0 Å². The molecule has 3 N–H and O–H groups in total. The van der Waals surface area contributed by atoms with Gasteiger partial charge in [0.05, 0.1) is 13.0 Å². The lowest BCUT2D eigenvalue weighted by Gasteiger charge is -2.15. The van der Waals surface area contributed by atoms with Gasteiger partial charge in [0.2, 0.25) is 0 Å². The Kier molecular flexibility index (Phi) is 8.33. The first kappa shape index (κ1) is 14.4. The van der Waals surface area contributed by atoms with Gasteiger partial charge in [-0.25, -0.2) is 0 Å². The van der Waals surface area contributed by atoms with Crippen LogP contribution in [0.2, 0.25) is 0 Å². The number of aliphatic carboxylic acids is 1. The van der Waals surface area contributed by atoms with Gasteiger partial charge < -0.3 is 15.6 Å². The molecule has 2 atom stereocenters. The van der Waals surface area contributed by atoms with Crippen LogP contribution in [0.4, 0.5) is 0 Å². The van der Waals surface area contributed by atoms with E-state index in [0.717, 1.165) is 6.42 Å². The number of rotatable bonds is 9. The minimum absolute atomic E-state index is 0.0524. The summed E-state index contributed by atoms with van der Waals surface area (Å²) in [5, 5.41) is 8.67. The first-order valence-electron chi connectivity index (χ1n) is 5.59. The molecule has 0 unspecified atom stereocenters. The maximum atomic E-state index is 10.5. The average Bonchev–Trinajstić information content (AvgIpc) is 2.16. The fourth-order valence-electron chi connectivity index (χ4n) is 1.28. The SMILES string of the molecule is CC[C@@H](C)COC[C@@H](CCN)CC(=O)O. The summed E-state index contributed by atoms with van der Waals surface area (Å²) in [6, 6.07) is 0. The van der Waals surface area contributed by atoms with Crippen molar-refractivity contribution in [3.63, 3.8) is 0 Å². The minimum atomic E-state index is -0.777. The van der Waals surface area contributed by atoms with Crippen LogP contribution >= 0.6 is 0 Å². The van der Waals surface area contributed by atoms with Gasteiger partial charge in [-0.3, -0.25) is 4.79 Å². The van der Waals surface area contributed by atoms with Crippen molar-refractivity contribution in [2.45, 2.75) is 33.1 Å². The summed E-state index contributed by atoms with van der Waals surface area (Å²) in [4.78, 5) is 10.5. The zero-order valence-corrected chi connectivity index (χ0v) is 9.74. The molecule has 0 rings (SSSR count). The summed E-state index contributed by atoms with van der Waals surface area (Å²) >= 11 is 0. The molecular weight excluding hydrogens is 194 g/mol. The number of carbonyl (C=O) groups is 1. The molecule has 0 aromatic carbocycles. The van der Waals surface area contributed by atoms with Crippen molar-refractivity contribution in [1.82, 2.24) is 0 Å². The van der Waals surface area contributed by atoms with E-state index in [0.29, 0.717) is 32.1 Å². The van der Waals surface area contributed by atoms with Crippen LogP contribution in [0, 0.1) is 11.8 Å². The summed E-state index contributed by atoms with van der Waals surface area (Å²) in [5.41, 5.74) is 5.41. The third kappa shape index (κ3) is 8.39. The number of carboxylic acids is 1. The summed E-state index contributed by atoms with van der Waals surface area (Å²) < 4.78 is 5.48. The molecule has 0 heterocycles. The van der Waals surface area contributed by atoms with E-state index >= 15 is 0 Å². The number of carboxylic acid groups (broad SMARTS) is 1. The van der Waals surface area contributed by atoms with Crippen LogP contribution in [-0.4, -0.2) is 30.8 Å². The average molecular weight is 217 g/mol. The van der Waals surface area contributed by atoms with Crippen molar-refractivity contribution in [1.29, 1.82) is 0 Å². The summed E-state index contributed by atoms with van der Waals surface area (Å²) in [5.74, 6) is -0.189. The molecule has 0 amide bonds. The van der Waals surface area contributed by atoms with Crippen molar-refractivity contribution in [2.75, 3.05) is 19.8 Å². The molecule has 15 heavy (non-hydrogen) atoms. The highest BCUT2D eigenvalue weighted by Crippen LogP contribution is 2.10. The van der Waals surface area contributed by atoms with Crippen molar-refractivity contribution in [3.8, 4) is 0 Å². The molecular formula is C11H23NO3. The molecule has 0 aromatic heterocycles. The Bertz CT molecular complexity index is 173. The van der Waals surface area contributed by atoms with Crippen molar-refractivity contribution in [2.24, 2.45) is 17.6 Å². The highest BCUT2D eigenvalue weighted by atomic mass is 16.5. The lowest BCUT2D eigenvalue weighted by atomic mass is 10.0. The van der Waals surface area contributed by atoms with Gasteiger partial charge in [0.25, 0.3) is 0 Å². The molecule has 0 radical (unpaired) electrons. The van der Waals surface area contributed by atoms with Gasteiger partial charge in [0.1, 0.15) is 0 Å². The Labute approximate surface area is 91.8 Å². The second-order valence-electron chi connectivity index (χ2n) is 4.09. The van der Waals surface area contributed by atoms with Crippen LogP contribution in [0.15, 0.2) is 0 Å². The summed E-state index contributed by atoms with van der Waals surface area (Å²) in [6.45, 7) is 5.97. The molecule has 4 heteroatoms. The highest BCUT2D eigenvalue weighted by Gasteiger charge is 2.13. The number of nitrogens with two attached hydrogens (primary N) is 1. The summed E-state index contributed by atoms with van der Waals surface area (Å²) in [6.07, 6.45) is 1.95. The first-order chi connectivity index (χ1) is 7.10. The molecule has 0 fully saturated rings. The lowest BCUT2D eigenvalue weighted by molar-refractivity contribution is -0.138. The number of ether oxygens (including phenoxy) is 1. The largest absolute Gasteiger partial charge is 0.481 e. The van der Waals surface area contributed by atoms with E-state index in [2.05, 4.69) is 13.8 Å². The van der Waals surface area contributed by atoms with Gasteiger partial charge in [0.15, 0.2) is 0 Å². The van der Waals surface area contributed by atoms with E-state index in [-0.39, 0.29) is 12.3 Å². The number of hydrogen-bond acceptors (Lipinski definition) is 3. The van der Waals surface area contributed by atoms with E-state index < -0.39 is 5.97 Å². The van der Waals surface area contributed by atoms with Crippen LogP contribution in [0.25, 0.3) is 0 Å². The van der Waals surface area contributed by atoms with Crippen LogP contribution in [0.1, 0.15) is 33.1 Å². The predicted octanol–water partition coefficient (Wildman–Crippen LogP) is 1.49. The van der Waals surface area contributed by atoms with Gasteiger partial charge in [0, 0.05) is 6.61 Å². The van der Waals surface area contributed by atoms with E-state index in [4.69, 9.17) is 15.6 Å². The lowest BCUT2D eigenvalue weighted by Crippen LogP contribution is -2.19.